The Bertz CT molecular complexity index is 778. The molecular formula is C16H23N5O2. The van der Waals surface area contributed by atoms with Crippen molar-refractivity contribution in [2.24, 2.45) is 11.1 Å². The summed E-state index contributed by atoms with van der Waals surface area (Å²) >= 11 is 0. The van der Waals surface area contributed by atoms with E-state index in [2.05, 4.69) is 10.4 Å². The van der Waals surface area contributed by atoms with Gasteiger partial charge in [-0.05, 0) is 25.8 Å². The number of nitrogens with one attached hydrogen (secondary N) is 1. The topological polar surface area (TPSA) is 119 Å². The number of amides is 1. The fourth-order valence-electron chi connectivity index (χ4n) is 3.33. The standard InChI is InChI=1S/C16H23N5O2/c1-15(2)12(4-5-16(15,3)23)20-13-10(14(18)22)7-19-21-8-9(17)6-11(13)21/h6-8,12,20,23H,4-5,17H2,1-3H3,(H2,18,22)/t12-,16+/m1/s1. The lowest BCUT2D eigenvalue weighted by Crippen LogP contribution is -2.45. The van der Waals surface area contributed by atoms with E-state index < -0.39 is 11.5 Å². The smallest absolute Gasteiger partial charge is 0.252 e. The maximum absolute atomic E-state index is 11.8. The van der Waals surface area contributed by atoms with E-state index in [4.69, 9.17) is 11.5 Å². The van der Waals surface area contributed by atoms with Crippen LogP contribution < -0.4 is 16.8 Å². The van der Waals surface area contributed by atoms with Gasteiger partial charge in [0.1, 0.15) is 0 Å². The Morgan fingerprint density at radius 1 is 1.48 bits per heavy atom. The second kappa shape index (κ2) is 4.86. The number of fused-ring (bicyclic) bond motifs is 1. The van der Waals surface area contributed by atoms with Gasteiger partial charge in [0.05, 0.1) is 40.4 Å². The van der Waals surface area contributed by atoms with E-state index in [-0.39, 0.29) is 11.5 Å². The first-order chi connectivity index (χ1) is 10.6. The van der Waals surface area contributed by atoms with Crippen molar-refractivity contribution >= 4 is 22.8 Å². The Balaban J connectivity index is 2.09. The number of nitrogen functional groups attached to an aromatic ring is 1. The van der Waals surface area contributed by atoms with Gasteiger partial charge in [-0.3, -0.25) is 4.79 Å². The van der Waals surface area contributed by atoms with Crippen LogP contribution in [0.15, 0.2) is 18.5 Å². The van der Waals surface area contributed by atoms with Gasteiger partial charge in [0.15, 0.2) is 0 Å². The summed E-state index contributed by atoms with van der Waals surface area (Å²) < 4.78 is 1.62. The lowest BCUT2D eigenvalue weighted by molar-refractivity contribution is -0.0283. The number of carbonyl (C=O) groups excluding carboxylic acids is 1. The van der Waals surface area contributed by atoms with Crippen LogP contribution in [0.3, 0.4) is 0 Å². The molecule has 23 heavy (non-hydrogen) atoms. The number of aliphatic hydroxyl groups is 1. The van der Waals surface area contributed by atoms with Crippen molar-refractivity contribution in [2.75, 3.05) is 11.1 Å². The lowest BCUT2D eigenvalue weighted by atomic mass is 9.76. The van der Waals surface area contributed by atoms with E-state index in [9.17, 15) is 9.90 Å². The first kappa shape index (κ1) is 15.6. The quantitative estimate of drug-likeness (QED) is 0.681. The van der Waals surface area contributed by atoms with Crippen LogP contribution in [0.4, 0.5) is 11.4 Å². The highest BCUT2D eigenvalue weighted by atomic mass is 16.3. The number of primary amides is 1. The molecule has 0 unspecified atom stereocenters. The number of hydrogen-bond acceptors (Lipinski definition) is 5. The minimum atomic E-state index is -0.776. The zero-order chi connectivity index (χ0) is 17.0. The predicted octanol–water partition coefficient (Wildman–Crippen LogP) is 1.37. The van der Waals surface area contributed by atoms with Crippen molar-refractivity contribution in [3.8, 4) is 0 Å². The molecule has 0 aromatic carbocycles. The fourth-order valence-corrected chi connectivity index (χ4v) is 3.33. The van der Waals surface area contributed by atoms with E-state index in [0.717, 1.165) is 6.42 Å². The summed E-state index contributed by atoms with van der Waals surface area (Å²) in [6.45, 7) is 5.89. The summed E-state index contributed by atoms with van der Waals surface area (Å²) in [7, 11) is 0. The van der Waals surface area contributed by atoms with Crippen LogP contribution in [0.2, 0.25) is 0 Å². The second-order valence-corrected chi connectivity index (χ2v) is 7.13. The third-order valence-electron chi connectivity index (χ3n) is 5.42. The fraction of sp³-hybridized carbons (Fsp3) is 0.500. The molecule has 124 valence electrons. The van der Waals surface area contributed by atoms with E-state index in [1.165, 1.54) is 6.20 Å². The molecule has 7 nitrogen and oxygen atoms in total. The summed E-state index contributed by atoms with van der Waals surface area (Å²) in [5.74, 6) is -0.551. The number of rotatable bonds is 3. The summed E-state index contributed by atoms with van der Waals surface area (Å²) in [5.41, 5.74) is 12.4. The third-order valence-corrected chi connectivity index (χ3v) is 5.42. The van der Waals surface area contributed by atoms with Gasteiger partial charge in [-0.25, -0.2) is 4.52 Å². The third kappa shape index (κ3) is 2.31. The van der Waals surface area contributed by atoms with Crippen molar-refractivity contribution in [3.63, 3.8) is 0 Å². The molecule has 0 spiro atoms. The van der Waals surface area contributed by atoms with Crippen LogP contribution >= 0.6 is 0 Å². The molecule has 1 saturated carbocycles. The van der Waals surface area contributed by atoms with Gasteiger partial charge in [0, 0.05) is 11.5 Å². The first-order valence-corrected chi connectivity index (χ1v) is 7.69. The van der Waals surface area contributed by atoms with Gasteiger partial charge < -0.3 is 21.9 Å². The first-order valence-electron chi connectivity index (χ1n) is 7.69. The van der Waals surface area contributed by atoms with Gasteiger partial charge in [-0.1, -0.05) is 13.8 Å². The van der Waals surface area contributed by atoms with Crippen molar-refractivity contribution in [1.82, 2.24) is 9.61 Å². The molecule has 2 aromatic heterocycles. The molecule has 2 atom stereocenters. The predicted molar refractivity (Wildman–Crippen MR) is 89.2 cm³/mol. The van der Waals surface area contributed by atoms with Crippen LogP contribution in [0.5, 0.6) is 0 Å². The molecular weight excluding hydrogens is 294 g/mol. The molecule has 7 heteroatoms. The van der Waals surface area contributed by atoms with Crippen molar-refractivity contribution in [3.05, 3.63) is 24.0 Å². The Hall–Kier alpha value is -2.28. The Morgan fingerprint density at radius 3 is 2.74 bits per heavy atom. The number of nitrogens with two attached hydrogens (primary N) is 2. The second-order valence-electron chi connectivity index (χ2n) is 7.13. The zero-order valence-corrected chi connectivity index (χ0v) is 13.6. The van der Waals surface area contributed by atoms with Gasteiger partial charge in [0.2, 0.25) is 0 Å². The largest absolute Gasteiger partial charge is 0.397 e. The summed E-state index contributed by atoms with van der Waals surface area (Å²) in [5, 5.41) is 18.2. The van der Waals surface area contributed by atoms with Crippen LogP contribution in [0.1, 0.15) is 44.0 Å². The van der Waals surface area contributed by atoms with E-state index >= 15 is 0 Å². The molecule has 6 N–H and O–H groups in total. The zero-order valence-electron chi connectivity index (χ0n) is 13.6. The molecule has 3 rings (SSSR count). The highest BCUT2D eigenvalue weighted by Crippen LogP contribution is 2.47. The summed E-state index contributed by atoms with van der Waals surface area (Å²) in [4.78, 5) is 11.8. The summed E-state index contributed by atoms with van der Waals surface area (Å²) in [6.07, 6.45) is 4.61. The molecule has 2 aromatic rings. The van der Waals surface area contributed by atoms with E-state index in [1.54, 1.807) is 16.8 Å². The van der Waals surface area contributed by atoms with Crippen molar-refractivity contribution in [2.45, 2.75) is 45.3 Å². The minimum absolute atomic E-state index is 0.00192. The number of aromatic nitrogens is 2. The van der Waals surface area contributed by atoms with Crippen LogP contribution in [0, 0.1) is 5.41 Å². The normalized spacial score (nSPS) is 26.5. The highest BCUT2D eigenvalue weighted by molar-refractivity contribution is 6.02. The molecule has 0 saturated heterocycles. The van der Waals surface area contributed by atoms with Gasteiger partial charge in [-0.2, -0.15) is 5.10 Å². The Kier molecular flexibility index (Phi) is 3.30. The molecule has 0 aliphatic heterocycles. The molecule has 1 amide bonds. The number of carbonyl (C=O) groups is 1. The van der Waals surface area contributed by atoms with Crippen LogP contribution in [-0.4, -0.2) is 32.3 Å². The monoisotopic (exact) mass is 317 g/mol. The molecule has 0 radical (unpaired) electrons. The SMILES string of the molecule is CC1(C)[C@H](Nc2c(C(N)=O)cnn3cc(N)cc23)CC[C@]1(C)O. The average Bonchev–Trinajstić information content (AvgIpc) is 2.90. The van der Waals surface area contributed by atoms with E-state index in [0.29, 0.717) is 28.9 Å². The number of anilines is 2. The van der Waals surface area contributed by atoms with Crippen molar-refractivity contribution < 1.29 is 9.90 Å². The van der Waals surface area contributed by atoms with Gasteiger partial charge >= 0.3 is 0 Å². The lowest BCUT2D eigenvalue weighted by Gasteiger charge is -2.38. The Labute approximate surface area is 134 Å². The van der Waals surface area contributed by atoms with Gasteiger partial charge in [0.25, 0.3) is 5.91 Å². The molecule has 1 aliphatic rings. The molecule has 1 fully saturated rings. The average molecular weight is 317 g/mol. The van der Waals surface area contributed by atoms with Crippen LogP contribution in [-0.2, 0) is 0 Å². The molecule has 1 aliphatic carbocycles. The van der Waals surface area contributed by atoms with Gasteiger partial charge in [-0.15, -0.1) is 0 Å². The molecule has 2 heterocycles. The maximum Gasteiger partial charge on any atom is 0.252 e. The van der Waals surface area contributed by atoms with Crippen LogP contribution in [0.25, 0.3) is 5.52 Å². The highest BCUT2D eigenvalue weighted by Gasteiger charge is 2.50. The van der Waals surface area contributed by atoms with Crippen molar-refractivity contribution in [1.29, 1.82) is 0 Å². The number of hydrogen-bond donors (Lipinski definition) is 4. The van der Waals surface area contributed by atoms with E-state index in [1.807, 2.05) is 20.8 Å². The molecule has 0 bridgehead atoms. The Morgan fingerprint density at radius 2 is 2.17 bits per heavy atom. The number of nitrogens with zero attached hydrogens (tertiary/aromatic N) is 2. The summed E-state index contributed by atoms with van der Waals surface area (Å²) in [6, 6.07) is 1.75. The maximum atomic E-state index is 11.8. The minimum Gasteiger partial charge on any atom is -0.397 e.